The molecule has 0 bridgehead atoms. The molecule has 0 unspecified atom stereocenters. The summed E-state index contributed by atoms with van der Waals surface area (Å²) in [7, 11) is 2.22. The maximum atomic E-state index is 5.78. The van der Waals surface area contributed by atoms with Crippen molar-refractivity contribution in [3.63, 3.8) is 0 Å². The number of likely N-dealkylation sites (N-methyl/N-ethyl adjacent to an activating group) is 1. The predicted octanol–water partition coefficient (Wildman–Crippen LogP) is 1.72. The Kier molecular flexibility index (Phi) is 5.83. The van der Waals surface area contributed by atoms with E-state index in [0.29, 0.717) is 6.54 Å². The number of nitrogens with two attached hydrogens (primary N) is 1. The second-order valence-corrected chi connectivity index (χ2v) is 5.57. The topological polar surface area (TPSA) is 32.5 Å². The average Bonchev–Trinajstić information content (AvgIpc) is 2.96. The normalized spacial score (nSPS) is 16.4. The van der Waals surface area contributed by atoms with Crippen LogP contribution in [0.3, 0.4) is 0 Å². The minimum absolute atomic E-state index is 0.646. The molecule has 3 heteroatoms. The lowest BCUT2D eigenvalue weighted by Gasteiger charge is -2.21. The van der Waals surface area contributed by atoms with Gasteiger partial charge in [-0.3, -0.25) is 0 Å². The molecular formula is C16H27N3. The third-order valence-electron chi connectivity index (χ3n) is 4.10. The summed E-state index contributed by atoms with van der Waals surface area (Å²) >= 11 is 0. The second-order valence-electron chi connectivity index (χ2n) is 5.57. The van der Waals surface area contributed by atoms with Crippen molar-refractivity contribution in [3.05, 3.63) is 35.4 Å². The molecule has 0 atom stereocenters. The fourth-order valence-electron chi connectivity index (χ4n) is 2.74. The van der Waals surface area contributed by atoms with Crippen LogP contribution in [0.2, 0.25) is 0 Å². The zero-order chi connectivity index (χ0) is 13.5. The van der Waals surface area contributed by atoms with Crippen molar-refractivity contribution in [2.75, 3.05) is 39.8 Å². The maximum Gasteiger partial charge on any atom is 0.0180 e. The molecule has 2 N–H and O–H groups in total. The highest BCUT2D eigenvalue weighted by molar-refractivity contribution is 5.27. The predicted molar refractivity (Wildman–Crippen MR) is 81.2 cm³/mol. The lowest BCUT2D eigenvalue weighted by molar-refractivity contribution is 0.259. The summed E-state index contributed by atoms with van der Waals surface area (Å²) in [6.07, 6.45) is 3.87. The Hall–Kier alpha value is -0.900. The lowest BCUT2D eigenvalue weighted by atomic mass is 10.0. The first kappa shape index (κ1) is 14.5. The summed E-state index contributed by atoms with van der Waals surface area (Å²) in [4.78, 5) is 5.01. The Bertz CT molecular complexity index is 372. The van der Waals surface area contributed by atoms with Gasteiger partial charge in [0, 0.05) is 26.2 Å². The summed E-state index contributed by atoms with van der Waals surface area (Å²) in [5.74, 6) is 0. The van der Waals surface area contributed by atoms with Gasteiger partial charge in [-0.05, 0) is 50.5 Å². The van der Waals surface area contributed by atoms with Crippen LogP contribution in [-0.4, -0.2) is 49.6 Å². The molecular weight excluding hydrogens is 234 g/mol. The molecule has 0 spiro atoms. The SMILES string of the molecule is CN(CCc1ccccc1CN)CCN1CCCC1. The van der Waals surface area contributed by atoms with Crippen LogP contribution in [0.15, 0.2) is 24.3 Å². The molecule has 3 nitrogen and oxygen atoms in total. The molecule has 0 aliphatic carbocycles. The number of likely N-dealkylation sites (tertiary alicyclic amines) is 1. The van der Waals surface area contributed by atoms with E-state index in [1.807, 2.05) is 0 Å². The molecule has 106 valence electrons. The Balaban J connectivity index is 1.71. The number of hydrogen-bond donors (Lipinski definition) is 1. The van der Waals surface area contributed by atoms with E-state index in [2.05, 4.69) is 41.1 Å². The van der Waals surface area contributed by atoms with Gasteiger partial charge in [0.05, 0.1) is 0 Å². The molecule has 1 aliphatic rings. The van der Waals surface area contributed by atoms with E-state index in [4.69, 9.17) is 5.73 Å². The van der Waals surface area contributed by atoms with Crippen molar-refractivity contribution in [1.29, 1.82) is 0 Å². The quantitative estimate of drug-likeness (QED) is 0.811. The van der Waals surface area contributed by atoms with Gasteiger partial charge in [-0.15, -0.1) is 0 Å². The highest BCUT2D eigenvalue weighted by Gasteiger charge is 2.11. The second kappa shape index (κ2) is 7.63. The van der Waals surface area contributed by atoms with E-state index in [-0.39, 0.29) is 0 Å². The number of benzene rings is 1. The van der Waals surface area contributed by atoms with Crippen LogP contribution in [0.4, 0.5) is 0 Å². The first-order valence-corrected chi connectivity index (χ1v) is 7.47. The molecule has 0 amide bonds. The maximum absolute atomic E-state index is 5.78. The van der Waals surface area contributed by atoms with Crippen LogP contribution in [0, 0.1) is 0 Å². The van der Waals surface area contributed by atoms with Gasteiger partial charge >= 0.3 is 0 Å². The fraction of sp³-hybridized carbons (Fsp3) is 0.625. The summed E-state index contributed by atoms with van der Waals surface area (Å²) in [5.41, 5.74) is 8.47. The Morgan fingerprint density at radius 1 is 1.11 bits per heavy atom. The first-order valence-electron chi connectivity index (χ1n) is 7.47. The van der Waals surface area contributed by atoms with Crippen molar-refractivity contribution in [1.82, 2.24) is 9.80 Å². The summed E-state index contributed by atoms with van der Waals surface area (Å²) in [5, 5.41) is 0. The molecule has 2 rings (SSSR count). The van der Waals surface area contributed by atoms with Gasteiger partial charge in [0.1, 0.15) is 0 Å². The van der Waals surface area contributed by atoms with Gasteiger partial charge < -0.3 is 15.5 Å². The third kappa shape index (κ3) is 4.60. The Labute approximate surface area is 117 Å². The van der Waals surface area contributed by atoms with E-state index in [1.54, 1.807) is 0 Å². The van der Waals surface area contributed by atoms with Crippen molar-refractivity contribution in [2.45, 2.75) is 25.8 Å². The van der Waals surface area contributed by atoms with Crippen molar-refractivity contribution in [3.8, 4) is 0 Å². The molecule has 19 heavy (non-hydrogen) atoms. The molecule has 1 saturated heterocycles. The first-order chi connectivity index (χ1) is 9.29. The highest BCUT2D eigenvalue weighted by atomic mass is 15.2. The molecule has 1 aromatic rings. The smallest absolute Gasteiger partial charge is 0.0180 e. The molecule has 1 fully saturated rings. The lowest BCUT2D eigenvalue weighted by Crippen LogP contribution is -2.32. The Morgan fingerprint density at radius 3 is 2.47 bits per heavy atom. The highest BCUT2D eigenvalue weighted by Crippen LogP contribution is 2.10. The van der Waals surface area contributed by atoms with E-state index >= 15 is 0 Å². The van der Waals surface area contributed by atoms with Crippen LogP contribution in [0.1, 0.15) is 24.0 Å². The molecule has 0 saturated carbocycles. The van der Waals surface area contributed by atoms with Gasteiger partial charge in [0.25, 0.3) is 0 Å². The van der Waals surface area contributed by atoms with Crippen LogP contribution in [0.25, 0.3) is 0 Å². The third-order valence-corrected chi connectivity index (χ3v) is 4.10. The van der Waals surface area contributed by atoms with Crippen LogP contribution in [0.5, 0.6) is 0 Å². The van der Waals surface area contributed by atoms with Crippen molar-refractivity contribution < 1.29 is 0 Å². The zero-order valence-corrected chi connectivity index (χ0v) is 12.1. The fourth-order valence-corrected chi connectivity index (χ4v) is 2.74. The number of rotatable bonds is 7. The molecule has 0 aromatic heterocycles. The van der Waals surface area contributed by atoms with Crippen LogP contribution in [-0.2, 0) is 13.0 Å². The molecule has 1 aromatic carbocycles. The largest absolute Gasteiger partial charge is 0.326 e. The summed E-state index contributed by atoms with van der Waals surface area (Å²) < 4.78 is 0. The number of hydrogen-bond acceptors (Lipinski definition) is 3. The van der Waals surface area contributed by atoms with E-state index in [0.717, 1.165) is 13.0 Å². The summed E-state index contributed by atoms with van der Waals surface area (Å²) in [6, 6.07) is 8.53. The number of nitrogens with zero attached hydrogens (tertiary/aromatic N) is 2. The van der Waals surface area contributed by atoms with E-state index in [9.17, 15) is 0 Å². The molecule has 1 heterocycles. The van der Waals surface area contributed by atoms with E-state index < -0.39 is 0 Å². The van der Waals surface area contributed by atoms with Crippen LogP contribution >= 0.6 is 0 Å². The van der Waals surface area contributed by atoms with Crippen molar-refractivity contribution in [2.24, 2.45) is 5.73 Å². The molecule has 0 radical (unpaired) electrons. The monoisotopic (exact) mass is 261 g/mol. The summed E-state index contributed by atoms with van der Waals surface area (Å²) in [6.45, 7) is 6.74. The zero-order valence-electron chi connectivity index (χ0n) is 12.1. The van der Waals surface area contributed by atoms with Gasteiger partial charge in [-0.1, -0.05) is 24.3 Å². The van der Waals surface area contributed by atoms with Gasteiger partial charge in [0.15, 0.2) is 0 Å². The standard InChI is InChI=1S/C16H27N3/c1-18(12-13-19-9-4-5-10-19)11-8-15-6-2-3-7-16(15)14-17/h2-3,6-7H,4-5,8-14,17H2,1H3. The minimum Gasteiger partial charge on any atom is -0.326 e. The van der Waals surface area contributed by atoms with Gasteiger partial charge in [0.2, 0.25) is 0 Å². The van der Waals surface area contributed by atoms with Crippen LogP contribution < -0.4 is 5.73 Å². The van der Waals surface area contributed by atoms with E-state index in [1.165, 1.54) is 50.1 Å². The van der Waals surface area contributed by atoms with Gasteiger partial charge in [-0.2, -0.15) is 0 Å². The average molecular weight is 261 g/mol. The molecule has 1 aliphatic heterocycles. The Morgan fingerprint density at radius 2 is 1.79 bits per heavy atom. The minimum atomic E-state index is 0.646. The van der Waals surface area contributed by atoms with Gasteiger partial charge in [-0.25, -0.2) is 0 Å². The van der Waals surface area contributed by atoms with Crippen molar-refractivity contribution >= 4 is 0 Å².